The van der Waals surface area contributed by atoms with Crippen molar-refractivity contribution in [3.05, 3.63) is 36.3 Å². The minimum Gasteiger partial charge on any atom is -0.363 e. The summed E-state index contributed by atoms with van der Waals surface area (Å²) in [6.45, 7) is 0. The smallest absolute Gasteiger partial charge is 0.363 e. The van der Waals surface area contributed by atoms with Crippen molar-refractivity contribution < 1.29 is 18.0 Å². The fraction of sp³-hybridized carbons (Fsp3) is 0.0769. The van der Waals surface area contributed by atoms with Gasteiger partial charge in [0.2, 0.25) is 0 Å². The van der Waals surface area contributed by atoms with Gasteiger partial charge in [0.25, 0.3) is 11.9 Å². The van der Waals surface area contributed by atoms with Gasteiger partial charge >= 0.3 is 6.18 Å². The summed E-state index contributed by atoms with van der Waals surface area (Å²) < 4.78 is 41.0. The molecule has 0 atom stereocenters. The van der Waals surface area contributed by atoms with Crippen LogP contribution in [0.1, 0.15) is 16.3 Å². The SMILES string of the molecule is NC(=O)c1ncc(-c2cn(-c3ncc4cn[nH]c4n3)nc2C(F)(F)F)[nH]1. The van der Waals surface area contributed by atoms with Crippen molar-refractivity contribution in [3.8, 4) is 17.2 Å². The maximum Gasteiger partial charge on any atom is 0.435 e. The van der Waals surface area contributed by atoms with E-state index < -0.39 is 17.8 Å². The number of alkyl halides is 3. The Hall–Kier alpha value is -3.77. The molecular formula is C13H8F3N9O. The van der Waals surface area contributed by atoms with Gasteiger partial charge < -0.3 is 10.7 Å². The molecule has 0 aliphatic heterocycles. The van der Waals surface area contributed by atoms with Crippen LogP contribution in [-0.4, -0.2) is 45.8 Å². The second-order valence-electron chi connectivity index (χ2n) is 5.19. The van der Waals surface area contributed by atoms with Crippen molar-refractivity contribution in [2.24, 2.45) is 5.73 Å². The number of H-pyrrole nitrogens is 2. The highest BCUT2D eigenvalue weighted by molar-refractivity contribution is 5.89. The van der Waals surface area contributed by atoms with Gasteiger partial charge in [-0.05, 0) is 0 Å². The lowest BCUT2D eigenvalue weighted by molar-refractivity contribution is -0.140. The molecule has 1 amide bonds. The highest BCUT2D eigenvalue weighted by Crippen LogP contribution is 2.35. The third-order valence-corrected chi connectivity index (χ3v) is 3.47. The van der Waals surface area contributed by atoms with Gasteiger partial charge in [0, 0.05) is 12.4 Å². The predicted molar refractivity (Wildman–Crippen MR) is 79.9 cm³/mol. The third-order valence-electron chi connectivity index (χ3n) is 3.47. The Kier molecular flexibility index (Phi) is 3.25. The molecule has 4 heterocycles. The molecule has 0 aromatic carbocycles. The number of aromatic nitrogens is 8. The van der Waals surface area contributed by atoms with Gasteiger partial charge in [-0.3, -0.25) is 9.89 Å². The molecule has 26 heavy (non-hydrogen) atoms. The summed E-state index contributed by atoms with van der Waals surface area (Å²) in [6.07, 6.45) is 0.271. The second kappa shape index (κ2) is 5.37. The number of imidazole rings is 1. The summed E-state index contributed by atoms with van der Waals surface area (Å²) in [5, 5.41) is 10.5. The van der Waals surface area contributed by atoms with Gasteiger partial charge in [0.15, 0.2) is 17.2 Å². The summed E-state index contributed by atoms with van der Waals surface area (Å²) in [7, 11) is 0. The summed E-state index contributed by atoms with van der Waals surface area (Å²) >= 11 is 0. The zero-order chi connectivity index (χ0) is 18.5. The van der Waals surface area contributed by atoms with Crippen molar-refractivity contribution >= 4 is 16.9 Å². The summed E-state index contributed by atoms with van der Waals surface area (Å²) in [6, 6.07) is 0. The van der Waals surface area contributed by atoms with Crippen LogP contribution in [0.15, 0.2) is 24.8 Å². The Labute approximate surface area is 141 Å². The van der Waals surface area contributed by atoms with E-state index in [1.54, 1.807) is 0 Å². The van der Waals surface area contributed by atoms with Crippen molar-refractivity contribution in [3.63, 3.8) is 0 Å². The normalized spacial score (nSPS) is 12.0. The van der Waals surface area contributed by atoms with E-state index in [2.05, 4.69) is 35.2 Å². The number of nitrogens with two attached hydrogens (primary N) is 1. The van der Waals surface area contributed by atoms with E-state index in [4.69, 9.17) is 5.73 Å². The number of nitrogens with one attached hydrogen (secondary N) is 2. The molecule has 13 heteroatoms. The standard InChI is InChI=1S/C13H8F3N9O/c14-13(15,16)8-6(7-3-18-11(21-7)9(17)26)4-25(24-8)12-19-1-5-2-20-23-10(5)22-12/h1-4H,(H2,17,26)(H,18,21)(H,19,20,22,23). The molecule has 4 N–H and O–H groups in total. The topological polar surface area (TPSA) is 144 Å². The monoisotopic (exact) mass is 363 g/mol. The van der Waals surface area contributed by atoms with Gasteiger partial charge in [-0.25, -0.2) is 14.6 Å². The molecule has 4 aromatic heterocycles. The third kappa shape index (κ3) is 2.54. The Morgan fingerprint density at radius 1 is 1.19 bits per heavy atom. The van der Waals surface area contributed by atoms with Gasteiger partial charge in [0.05, 0.1) is 29.0 Å². The van der Waals surface area contributed by atoms with Crippen molar-refractivity contribution in [1.82, 2.24) is 39.9 Å². The zero-order valence-electron chi connectivity index (χ0n) is 12.6. The number of hydrogen-bond donors (Lipinski definition) is 3. The first-order valence-electron chi connectivity index (χ1n) is 7.01. The molecule has 0 saturated carbocycles. The molecule has 132 valence electrons. The molecule has 0 spiro atoms. The second-order valence-corrected chi connectivity index (χ2v) is 5.19. The van der Waals surface area contributed by atoms with Crippen LogP contribution in [0.4, 0.5) is 13.2 Å². The molecular weight excluding hydrogens is 355 g/mol. The summed E-state index contributed by atoms with van der Waals surface area (Å²) in [4.78, 5) is 25.2. The van der Waals surface area contributed by atoms with Crippen molar-refractivity contribution in [2.75, 3.05) is 0 Å². The molecule has 0 radical (unpaired) electrons. The van der Waals surface area contributed by atoms with Crippen LogP contribution < -0.4 is 5.73 Å². The lowest BCUT2D eigenvalue weighted by Crippen LogP contribution is -2.12. The summed E-state index contributed by atoms with van der Waals surface area (Å²) in [5.74, 6) is -1.26. The van der Waals surface area contributed by atoms with Crippen LogP contribution in [0.25, 0.3) is 28.2 Å². The molecule has 0 fully saturated rings. The predicted octanol–water partition coefficient (Wildman–Crippen LogP) is 1.05. The minimum atomic E-state index is -4.75. The fourth-order valence-corrected chi connectivity index (χ4v) is 2.31. The Bertz CT molecular complexity index is 1120. The van der Waals surface area contributed by atoms with E-state index in [9.17, 15) is 18.0 Å². The number of carbonyl (C=O) groups is 1. The number of carbonyl (C=O) groups excluding carboxylic acids is 1. The number of aromatic amines is 2. The average Bonchev–Trinajstić information content (AvgIpc) is 3.30. The molecule has 0 bridgehead atoms. The number of amides is 1. The van der Waals surface area contributed by atoms with E-state index >= 15 is 0 Å². The minimum absolute atomic E-state index is 0.0695. The lowest BCUT2D eigenvalue weighted by Gasteiger charge is -2.04. The Balaban J connectivity index is 1.86. The molecule has 0 aliphatic carbocycles. The first-order valence-corrected chi connectivity index (χ1v) is 7.01. The number of rotatable bonds is 3. The van der Waals surface area contributed by atoms with E-state index in [1.807, 2.05) is 0 Å². The highest BCUT2D eigenvalue weighted by atomic mass is 19.4. The van der Waals surface area contributed by atoms with Crippen LogP contribution in [0.3, 0.4) is 0 Å². The molecule has 0 unspecified atom stereocenters. The fourth-order valence-electron chi connectivity index (χ4n) is 2.31. The van der Waals surface area contributed by atoms with E-state index in [0.717, 1.165) is 17.1 Å². The van der Waals surface area contributed by atoms with Gasteiger partial charge in [-0.15, -0.1) is 0 Å². The van der Waals surface area contributed by atoms with E-state index in [0.29, 0.717) is 11.0 Å². The van der Waals surface area contributed by atoms with Crippen molar-refractivity contribution in [1.29, 1.82) is 0 Å². The van der Waals surface area contributed by atoms with Gasteiger partial charge in [0.1, 0.15) is 0 Å². The van der Waals surface area contributed by atoms with E-state index in [-0.39, 0.29) is 23.0 Å². The number of halogens is 3. The van der Waals surface area contributed by atoms with Crippen LogP contribution in [-0.2, 0) is 6.18 Å². The number of primary amides is 1. The molecule has 0 saturated heterocycles. The van der Waals surface area contributed by atoms with Crippen LogP contribution in [0.5, 0.6) is 0 Å². The molecule has 4 aromatic rings. The Morgan fingerprint density at radius 3 is 2.69 bits per heavy atom. The first-order chi connectivity index (χ1) is 12.3. The molecule has 0 aliphatic rings. The average molecular weight is 363 g/mol. The van der Waals surface area contributed by atoms with Crippen LogP contribution in [0.2, 0.25) is 0 Å². The van der Waals surface area contributed by atoms with Crippen LogP contribution >= 0.6 is 0 Å². The molecule has 10 nitrogen and oxygen atoms in total. The first kappa shape index (κ1) is 15.7. The number of fused-ring (bicyclic) bond motifs is 1. The van der Waals surface area contributed by atoms with Gasteiger partial charge in [-0.2, -0.15) is 28.4 Å². The number of hydrogen-bond acceptors (Lipinski definition) is 6. The maximum absolute atomic E-state index is 13.4. The number of nitrogens with zero attached hydrogens (tertiary/aromatic N) is 6. The van der Waals surface area contributed by atoms with Crippen molar-refractivity contribution in [2.45, 2.75) is 6.18 Å². The largest absolute Gasteiger partial charge is 0.435 e. The zero-order valence-corrected chi connectivity index (χ0v) is 12.6. The quantitative estimate of drug-likeness (QED) is 0.496. The maximum atomic E-state index is 13.4. The highest BCUT2D eigenvalue weighted by Gasteiger charge is 2.38. The van der Waals surface area contributed by atoms with E-state index in [1.165, 1.54) is 12.4 Å². The summed E-state index contributed by atoms with van der Waals surface area (Å²) in [5.41, 5.74) is 3.82. The molecule has 4 rings (SSSR count). The van der Waals surface area contributed by atoms with Gasteiger partial charge in [-0.1, -0.05) is 0 Å². The van der Waals surface area contributed by atoms with Crippen LogP contribution in [0, 0.1) is 0 Å². The lowest BCUT2D eigenvalue weighted by atomic mass is 10.2. The Morgan fingerprint density at radius 2 is 2.00 bits per heavy atom.